The van der Waals surface area contributed by atoms with Gasteiger partial charge in [-0.15, -0.1) is 0 Å². The van der Waals surface area contributed by atoms with Crippen molar-refractivity contribution in [3.8, 4) is 0 Å². The Morgan fingerprint density at radius 2 is 0.911 bits per heavy atom. The maximum atomic E-state index is 12.7. The van der Waals surface area contributed by atoms with E-state index in [1.807, 2.05) is 0 Å². The summed E-state index contributed by atoms with van der Waals surface area (Å²) in [5.41, 5.74) is 5.97. The second kappa shape index (κ2) is 36.4. The van der Waals surface area contributed by atoms with Gasteiger partial charge < -0.3 is 10.6 Å². The number of carbonyl (C=O) groups is 1. The van der Waals surface area contributed by atoms with Crippen LogP contribution in [-0.2, 0) is 4.79 Å². The van der Waals surface area contributed by atoms with E-state index in [4.69, 9.17) is 5.73 Å². The third kappa shape index (κ3) is 33.3. The Hall–Kier alpha value is -0.410. The Bertz CT molecular complexity index is 579. The van der Waals surface area contributed by atoms with Gasteiger partial charge in [-0.3, -0.25) is 4.79 Å². The van der Waals surface area contributed by atoms with E-state index >= 15 is 0 Å². The van der Waals surface area contributed by atoms with Gasteiger partial charge in [-0.05, 0) is 44.1 Å². The maximum absolute atomic E-state index is 12.7. The first-order chi connectivity index (χ1) is 22.1. The minimum Gasteiger partial charge on any atom is -0.329 e. The average Bonchev–Trinajstić information content (AvgIpc) is 3.03. The number of unbranched alkanes of at least 4 members (excludes halogenated alkanes) is 21. The highest BCUT2D eigenvalue weighted by Gasteiger charge is 2.13. The second-order valence-electron chi connectivity index (χ2n) is 15.0. The Labute approximate surface area is 285 Å². The molecule has 2 unspecified atom stereocenters. The zero-order valence-corrected chi connectivity index (χ0v) is 31.8. The molecular formula is C42H86N2O. The molecule has 0 saturated carbocycles. The summed E-state index contributed by atoms with van der Waals surface area (Å²) in [5.74, 6) is 2.05. The molecule has 2 N–H and O–H groups in total. The molecule has 0 bridgehead atoms. The summed E-state index contributed by atoms with van der Waals surface area (Å²) in [6.45, 7) is 13.4. The lowest BCUT2D eigenvalue weighted by molar-refractivity contribution is -0.119. The zero-order chi connectivity index (χ0) is 33.1. The fourth-order valence-corrected chi connectivity index (χ4v) is 7.17. The van der Waals surface area contributed by atoms with E-state index in [9.17, 15) is 4.79 Å². The molecule has 0 aromatic carbocycles. The molecule has 0 aliphatic carbocycles. The number of rotatable bonds is 38. The molecule has 0 aromatic rings. The Kier molecular flexibility index (Phi) is 36.1. The molecule has 0 rings (SSSR count). The monoisotopic (exact) mass is 635 g/mol. The van der Waals surface area contributed by atoms with Gasteiger partial charge in [0, 0.05) is 32.5 Å². The van der Waals surface area contributed by atoms with Crippen LogP contribution in [0.15, 0.2) is 0 Å². The van der Waals surface area contributed by atoms with Crippen molar-refractivity contribution >= 4 is 5.78 Å². The molecule has 3 heteroatoms. The van der Waals surface area contributed by atoms with Crippen LogP contribution in [0.1, 0.15) is 227 Å². The molecule has 0 fully saturated rings. The SMILES string of the molecule is CCCCCCCCCCCCCCC(C)CN(CCN)CCCCCC(=O)CCC(CCCCCC)CCCCCCCC. The lowest BCUT2D eigenvalue weighted by atomic mass is 9.89. The van der Waals surface area contributed by atoms with Crippen molar-refractivity contribution in [1.29, 1.82) is 0 Å². The molecule has 0 aliphatic heterocycles. The predicted molar refractivity (Wildman–Crippen MR) is 203 cm³/mol. The lowest BCUT2D eigenvalue weighted by Gasteiger charge is -2.25. The van der Waals surface area contributed by atoms with Crippen molar-refractivity contribution < 1.29 is 4.79 Å². The number of hydrogen-bond acceptors (Lipinski definition) is 3. The summed E-state index contributed by atoms with van der Waals surface area (Å²) < 4.78 is 0. The highest BCUT2D eigenvalue weighted by Crippen LogP contribution is 2.24. The molecule has 45 heavy (non-hydrogen) atoms. The largest absolute Gasteiger partial charge is 0.329 e. The van der Waals surface area contributed by atoms with Gasteiger partial charge in [0.2, 0.25) is 0 Å². The van der Waals surface area contributed by atoms with Crippen LogP contribution < -0.4 is 5.73 Å². The number of nitrogens with two attached hydrogens (primary N) is 1. The van der Waals surface area contributed by atoms with Crippen LogP contribution in [0, 0.1) is 11.8 Å². The molecule has 0 amide bonds. The van der Waals surface area contributed by atoms with E-state index in [1.54, 1.807) is 0 Å². The highest BCUT2D eigenvalue weighted by molar-refractivity contribution is 5.78. The number of ketones is 1. The van der Waals surface area contributed by atoms with Crippen LogP contribution in [0.5, 0.6) is 0 Å². The highest BCUT2D eigenvalue weighted by atomic mass is 16.1. The first-order valence-corrected chi connectivity index (χ1v) is 21.0. The summed E-state index contributed by atoms with van der Waals surface area (Å²) in [6, 6.07) is 0. The summed E-state index contributed by atoms with van der Waals surface area (Å²) in [5, 5.41) is 0. The van der Waals surface area contributed by atoms with Crippen molar-refractivity contribution in [3.05, 3.63) is 0 Å². The Morgan fingerprint density at radius 3 is 1.40 bits per heavy atom. The smallest absolute Gasteiger partial charge is 0.132 e. The van der Waals surface area contributed by atoms with Crippen molar-refractivity contribution in [2.75, 3.05) is 26.2 Å². The van der Waals surface area contributed by atoms with Crippen LogP contribution in [-0.4, -0.2) is 36.9 Å². The molecule has 0 aliphatic rings. The average molecular weight is 635 g/mol. The van der Waals surface area contributed by atoms with Crippen molar-refractivity contribution in [2.24, 2.45) is 17.6 Å². The van der Waals surface area contributed by atoms with E-state index in [-0.39, 0.29) is 0 Å². The van der Waals surface area contributed by atoms with E-state index in [0.717, 1.165) is 57.2 Å². The number of hydrogen-bond donors (Lipinski definition) is 1. The van der Waals surface area contributed by atoms with E-state index in [2.05, 4.69) is 32.6 Å². The Morgan fingerprint density at radius 1 is 0.489 bits per heavy atom. The normalized spacial score (nSPS) is 13.1. The summed E-state index contributed by atoms with van der Waals surface area (Å²) in [6.07, 6.45) is 41.0. The minimum atomic E-state index is 0.520. The predicted octanol–water partition coefficient (Wildman–Crippen LogP) is 13.2. The van der Waals surface area contributed by atoms with Gasteiger partial charge in [-0.2, -0.15) is 0 Å². The fourth-order valence-electron chi connectivity index (χ4n) is 7.17. The van der Waals surface area contributed by atoms with E-state index in [0.29, 0.717) is 5.78 Å². The van der Waals surface area contributed by atoms with Crippen LogP contribution in [0.4, 0.5) is 0 Å². The number of Topliss-reactive ketones (excluding diaryl/α,β-unsaturated/α-hetero) is 1. The third-order valence-electron chi connectivity index (χ3n) is 10.3. The Balaban J connectivity index is 4.00. The van der Waals surface area contributed by atoms with Crippen molar-refractivity contribution in [2.45, 2.75) is 227 Å². The van der Waals surface area contributed by atoms with Gasteiger partial charge in [0.05, 0.1) is 0 Å². The summed E-state index contributed by atoms with van der Waals surface area (Å²) in [7, 11) is 0. The number of nitrogens with zero attached hydrogens (tertiary/aromatic N) is 1. The molecule has 0 spiro atoms. The molecule has 270 valence electrons. The van der Waals surface area contributed by atoms with Gasteiger partial charge in [0.15, 0.2) is 0 Å². The molecule has 0 aromatic heterocycles. The minimum absolute atomic E-state index is 0.520. The summed E-state index contributed by atoms with van der Waals surface area (Å²) in [4.78, 5) is 15.3. The van der Waals surface area contributed by atoms with Gasteiger partial charge in [-0.1, -0.05) is 188 Å². The van der Waals surface area contributed by atoms with E-state index < -0.39 is 0 Å². The second-order valence-corrected chi connectivity index (χ2v) is 15.0. The third-order valence-corrected chi connectivity index (χ3v) is 10.3. The van der Waals surface area contributed by atoms with Crippen molar-refractivity contribution in [3.63, 3.8) is 0 Å². The zero-order valence-electron chi connectivity index (χ0n) is 31.8. The summed E-state index contributed by atoms with van der Waals surface area (Å²) >= 11 is 0. The molecule has 2 atom stereocenters. The van der Waals surface area contributed by atoms with Crippen LogP contribution >= 0.6 is 0 Å². The molecular weight excluding hydrogens is 548 g/mol. The molecule has 0 heterocycles. The topological polar surface area (TPSA) is 46.3 Å². The van der Waals surface area contributed by atoms with E-state index in [1.165, 1.54) is 180 Å². The van der Waals surface area contributed by atoms with Crippen LogP contribution in [0.25, 0.3) is 0 Å². The lowest BCUT2D eigenvalue weighted by Crippen LogP contribution is -2.34. The first-order valence-electron chi connectivity index (χ1n) is 21.0. The van der Waals surface area contributed by atoms with Gasteiger partial charge >= 0.3 is 0 Å². The van der Waals surface area contributed by atoms with Crippen LogP contribution in [0.2, 0.25) is 0 Å². The van der Waals surface area contributed by atoms with Gasteiger partial charge in [0.25, 0.3) is 0 Å². The van der Waals surface area contributed by atoms with Gasteiger partial charge in [-0.25, -0.2) is 0 Å². The maximum Gasteiger partial charge on any atom is 0.132 e. The number of carbonyl (C=O) groups excluding carboxylic acids is 1. The molecule has 0 radical (unpaired) electrons. The van der Waals surface area contributed by atoms with Crippen molar-refractivity contribution in [1.82, 2.24) is 4.90 Å². The standard InChI is InChI=1S/C42H86N2O/c1-5-8-11-14-16-17-18-19-20-21-22-25-30-40(4)39-44(38-36-43)37-29-24-28-33-42(45)35-34-41(31-26-13-10-7-3)32-27-23-15-12-9-6-2/h40-41H,5-39,43H2,1-4H3. The molecule has 0 saturated heterocycles. The fraction of sp³-hybridized carbons (Fsp3) is 0.976. The first kappa shape index (κ1) is 44.6. The van der Waals surface area contributed by atoms with Crippen LogP contribution in [0.3, 0.4) is 0 Å². The quantitative estimate of drug-likeness (QED) is 0.0687. The van der Waals surface area contributed by atoms with Gasteiger partial charge in [0.1, 0.15) is 5.78 Å². The molecule has 3 nitrogen and oxygen atoms in total.